The molecule has 1 heterocycles. The van der Waals surface area contributed by atoms with Crippen molar-refractivity contribution in [1.82, 2.24) is 9.03 Å². The van der Waals surface area contributed by atoms with Gasteiger partial charge in [0.25, 0.3) is 10.2 Å². The van der Waals surface area contributed by atoms with Crippen LogP contribution >= 0.6 is 0 Å². The largest absolute Gasteiger partial charge is 0.389 e. The zero-order valence-corrected chi connectivity index (χ0v) is 9.03. The zero-order valence-electron chi connectivity index (χ0n) is 8.21. The molecule has 1 saturated heterocycles. The van der Waals surface area contributed by atoms with Gasteiger partial charge >= 0.3 is 0 Å². The molecule has 0 spiro atoms. The van der Waals surface area contributed by atoms with E-state index in [1.165, 1.54) is 0 Å². The molecule has 1 aliphatic heterocycles. The number of β-amino-alcohol motifs (C(OH)–C–C–N with tert-alkyl or cyclic N) is 2. The number of aliphatic hydroxyl groups is 2. The van der Waals surface area contributed by atoms with Crippen LogP contribution < -0.4 is 4.72 Å². The summed E-state index contributed by atoms with van der Waals surface area (Å²) in [5.41, 5.74) is 0. The van der Waals surface area contributed by atoms with Gasteiger partial charge in [-0.1, -0.05) is 0 Å². The highest BCUT2D eigenvalue weighted by Crippen LogP contribution is 2.13. The molecule has 0 saturated carbocycles. The summed E-state index contributed by atoms with van der Waals surface area (Å²) in [6, 6.07) is -0.199. The topological polar surface area (TPSA) is 89.9 Å². The Hall–Kier alpha value is -0.210. The predicted molar refractivity (Wildman–Crippen MR) is 50.8 cm³/mol. The van der Waals surface area contributed by atoms with Gasteiger partial charge in [-0.15, -0.1) is 0 Å². The van der Waals surface area contributed by atoms with Crippen molar-refractivity contribution >= 4 is 10.2 Å². The first-order valence-electron chi connectivity index (χ1n) is 4.46. The number of nitrogens with zero attached hydrogens (tertiary/aromatic N) is 1. The van der Waals surface area contributed by atoms with Crippen LogP contribution in [-0.2, 0) is 10.2 Å². The lowest BCUT2D eigenvalue weighted by Crippen LogP contribution is -2.42. The van der Waals surface area contributed by atoms with Gasteiger partial charge in [-0.25, -0.2) is 0 Å². The second kappa shape index (κ2) is 4.11. The normalized spacial score (nSPS) is 30.1. The van der Waals surface area contributed by atoms with Crippen molar-refractivity contribution < 1.29 is 18.6 Å². The number of rotatable bonds is 3. The molecule has 1 rings (SSSR count). The molecule has 7 heteroatoms. The number of hydrogen-bond acceptors (Lipinski definition) is 4. The SMILES string of the molecule is CC(C)NS(=O)(=O)N1CC(O)C(O)C1. The van der Waals surface area contributed by atoms with Crippen molar-refractivity contribution in [3.8, 4) is 0 Å². The highest BCUT2D eigenvalue weighted by atomic mass is 32.2. The standard InChI is InChI=1S/C7H16N2O4S/c1-5(2)8-14(12,13)9-3-6(10)7(11)4-9/h5-8,10-11H,3-4H2,1-2H3. The van der Waals surface area contributed by atoms with E-state index in [1.807, 2.05) is 0 Å². The Morgan fingerprint density at radius 2 is 1.71 bits per heavy atom. The molecule has 6 nitrogen and oxygen atoms in total. The molecule has 84 valence electrons. The minimum Gasteiger partial charge on any atom is -0.389 e. The summed E-state index contributed by atoms with van der Waals surface area (Å²) in [6.45, 7) is 3.31. The van der Waals surface area contributed by atoms with E-state index in [0.29, 0.717) is 0 Å². The monoisotopic (exact) mass is 224 g/mol. The van der Waals surface area contributed by atoms with Crippen molar-refractivity contribution in [3.05, 3.63) is 0 Å². The average Bonchev–Trinajstić information content (AvgIpc) is 2.30. The Morgan fingerprint density at radius 3 is 2.07 bits per heavy atom. The van der Waals surface area contributed by atoms with Crippen LogP contribution in [0.1, 0.15) is 13.8 Å². The van der Waals surface area contributed by atoms with Gasteiger partial charge in [0, 0.05) is 19.1 Å². The van der Waals surface area contributed by atoms with Gasteiger partial charge in [0.2, 0.25) is 0 Å². The first-order chi connectivity index (χ1) is 6.33. The first kappa shape index (κ1) is 11.9. The molecule has 0 bridgehead atoms. The third-order valence-corrected chi connectivity index (χ3v) is 3.70. The molecular weight excluding hydrogens is 208 g/mol. The molecule has 3 N–H and O–H groups in total. The molecule has 0 aliphatic carbocycles. The van der Waals surface area contributed by atoms with Crippen LogP contribution in [0.3, 0.4) is 0 Å². The highest BCUT2D eigenvalue weighted by molar-refractivity contribution is 7.87. The van der Waals surface area contributed by atoms with Gasteiger partial charge in [-0.05, 0) is 13.8 Å². The summed E-state index contributed by atoms with van der Waals surface area (Å²) in [5, 5.41) is 18.4. The van der Waals surface area contributed by atoms with E-state index >= 15 is 0 Å². The second-order valence-corrected chi connectivity index (χ2v) is 5.43. The Morgan fingerprint density at radius 1 is 1.29 bits per heavy atom. The van der Waals surface area contributed by atoms with E-state index in [9.17, 15) is 18.6 Å². The summed E-state index contributed by atoms with van der Waals surface area (Å²) >= 11 is 0. The van der Waals surface area contributed by atoms with E-state index in [2.05, 4.69) is 4.72 Å². The molecule has 14 heavy (non-hydrogen) atoms. The van der Waals surface area contributed by atoms with Crippen molar-refractivity contribution in [2.45, 2.75) is 32.1 Å². The van der Waals surface area contributed by atoms with E-state index < -0.39 is 22.4 Å². The van der Waals surface area contributed by atoms with Gasteiger partial charge in [0.1, 0.15) is 0 Å². The third-order valence-electron chi connectivity index (χ3n) is 1.95. The van der Waals surface area contributed by atoms with E-state index in [4.69, 9.17) is 0 Å². The fraction of sp³-hybridized carbons (Fsp3) is 1.00. The summed E-state index contributed by atoms with van der Waals surface area (Å²) < 4.78 is 26.5. The van der Waals surface area contributed by atoms with Crippen LogP contribution in [0.15, 0.2) is 0 Å². The number of hydrogen-bond donors (Lipinski definition) is 3. The Bertz CT molecular complexity index is 280. The molecular formula is C7H16N2O4S. The molecule has 0 aromatic heterocycles. The van der Waals surface area contributed by atoms with Crippen LogP contribution in [0.4, 0.5) is 0 Å². The molecule has 2 unspecified atom stereocenters. The molecule has 0 amide bonds. The number of aliphatic hydroxyl groups excluding tert-OH is 2. The van der Waals surface area contributed by atoms with E-state index in [0.717, 1.165) is 4.31 Å². The highest BCUT2D eigenvalue weighted by Gasteiger charge is 2.36. The van der Waals surface area contributed by atoms with Crippen LogP contribution in [0, 0.1) is 0 Å². The lowest BCUT2D eigenvalue weighted by atomic mass is 10.3. The van der Waals surface area contributed by atoms with Crippen molar-refractivity contribution in [1.29, 1.82) is 0 Å². The summed E-state index contributed by atoms with van der Waals surface area (Å²) in [6.07, 6.45) is -1.97. The number of nitrogens with one attached hydrogen (secondary N) is 1. The zero-order chi connectivity index (χ0) is 10.9. The molecule has 1 aliphatic rings. The van der Waals surface area contributed by atoms with Crippen molar-refractivity contribution in [2.75, 3.05) is 13.1 Å². The fourth-order valence-corrected chi connectivity index (χ4v) is 2.75. The van der Waals surface area contributed by atoms with Crippen LogP contribution in [0.2, 0.25) is 0 Å². The van der Waals surface area contributed by atoms with Gasteiger partial charge < -0.3 is 10.2 Å². The maximum absolute atomic E-state index is 11.5. The quantitative estimate of drug-likeness (QED) is 0.531. The maximum atomic E-state index is 11.5. The van der Waals surface area contributed by atoms with Crippen LogP contribution in [0.25, 0.3) is 0 Å². The minimum absolute atomic E-state index is 0.0524. The lowest BCUT2D eigenvalue weighted by molar-refractivity contribution is 0.0572. The Balaban J connectivity index is 2.66. The van der Waals surface area contributed by atoms with Crippen LogP contribution in [0.5, 0.6) is 0 Å². The fourth-order valence-electron chi connectivity index (χ4n) is 1.30. The van der Waals surface area contributed by atoms with Crippen LogP contribution in [-0.4, -0.2) is 54.3 Å². The minimum atomic E-state index is -3.56. The summed E-state index contributed by atoms with van der Waals surface area (Å²) in [4.78, 5) is 0. The van der Waals surface area contributed by atoms with Crippen molar-refractivity contribution in [2.24, 2.45) is 0 Å². The van der Waals surface area contributed by atoms with Gasteiger partial charge in [-0.3, -0.25) is 0 Å². The van der Waals surface area contributed by atoms with Gasteiger partial charge in [0.15, 0.2) is 0 Å². The first-order valence-corrected chi connectivity index (χ1v) is 5.90. The molecule has 0 aromatic rings. The molecule has 0 radical (unpaired) electrons. The lowest BCUT2D eigenvalue weighted by Gasteiger charge is -2.17. The Labute approximate surface area is 83.7 Å². The smallest absolute Gasteiger partial charge is 0.279 e. The van der Waals surface area contributed by atoms with Gasteiger partial charge in [0.05, 0.1) is 12.2 Å². The predicted octanol–water partition coefficient (Wildman–Crippen LogP) is -1.73. The molecule has 0 aromatic carbocycles. The maximum Gasteiger partial charge on any atom is 0.279 e. The molecule has 2 atom stereocenters. The summed E-state index contributed by atoms with van der Waals surface area (Å²) in [5.74, 6) is 0. The third kappa shape index (κ3) is 2.64. The average molecular weight is 224 g/mol. The Kier molecular flexibility index (Phi) is 3.49. The second-order valence-electron chi connectivity index (χ2n) is 3.73. The van der Waals surface area contributed by atoms with Gasteiger partial charge in [-0.2, -0.15) is 17.4 Å². The van der Waals surface area contributed by atoms with E-state index in [1.54, 1.807) is 13.8 Å². The van der Waals surface area contributed by atoms with Crippen molar-refractivity contribution in [3.63, 3.8) is 0 Å². The summed E-state index contributed by atoms with van der Waals surface area (Å²) in [7, 11) is -3.56. The van der Waals surface area contributed by atoms with E-state index in [-0.39, 0.29) is 19.1 Å². The molecule has 1 fully saturated rings.